The van der Waals surface area contributed by atoms with E-state index in [1.54, 1.807) is 12.1 Å². The normalized spacial score (nSPS) is 12.2. The van der Waals surface area contributed by atoms with Crippen LogP contribution in [-0.2, 0) is 28.9 Å². The van der Waals surface area contributed by atoms with Crippen LogP contribution >= 0.6 is 0 Å². The van der Waals surface area contributed by atoms with Crippen molar-refractivity contribution in [1.82, 2.24) is 0 Å². The molecule has 0 heterocycles. The Morgan fingerprint density at radius 3 is 2.14 bits per heavy atom. The molecule has 0 atom stereocenters. The van der Waals surface area contributed by atoms with Gasteiger partial charge in [0, 0.05) is 0 Å². The molecule has 21 heavy (non-hydrogen) atoms. The number of carbonyl (C=O) groups excluding carboxylic acids is 1. The minimum atomic E-state index is -4.00. The van der Waals surface area contributed by atoms with Gasteiger partial charge >= 0.3 is 16.4 Å². The molecule has 1 aromatic carbocycles. The number of hydrogen-bond acceptors (Lipinski definition) is 6. The van der Waals surface area contributed by atoms with Gasteiger partial charge in [-0.05, 0) is 23.1 Å². The molecule has 0 bridgehead atoms. The number of carbonyl (C=O) groups is 1. The smallest absolute Gasteiger partial charge is 0.399 e. The van der Waals surface area contributed by atoms with Crippen molar-refractivity contribution < 1.29 is 26.3 Å². The van der Waals surface area contributed by atoms with E-state index in [1.807, 2.05) is 12.1 Å². The van der Waals surface area contributed by atoms with Crippen molar-refractivity contribution in [3.05, 3.63) is 35.4 Å². The van der Waals surface area contributed by atoms with E-state index in [-0.39, 0.29) is 18.6 Å². The van der Waals surface area contributed by atoms with E-state index in [9.17, 15) is 13.2 Å². The summed E-state index contributed by atoms with van der Waals surface area (Å²) in [5, 5.41) is 0. The standard InChI is InChI=1S/C14H20O6S/c1-14(2,3)12-7-5-11(6-8-12)13(15)19-9-10-20-21(16,17)18-4/h5-8H,9-10H2,1-4H3. The quantitative estimate of drug-likeness (QED) is 0.590. The molecule has 6 nitrogen and oxygen atoms in total. The van der Waals surface area contributed by atoms with Gasteiger partial charge < -0.3 is 4.74 Å². The molecule has 0 aliphatic carbocycles. The fourth-order valence-electron chi connectivity index (χ4n) is 1.51. The second kappa shape index (κ2) is 7.02. The number of esters is 1. The number of ether oxygens (including phenoxy) is 1. The molecule has 7 heteroatoms. The van der Waals surface area contributed by atoms with Gasteiger partial charge in [-0.1, -0.05) is 32.9 Å². The lowest BCUT2D eigenvalue weighted by molar-refractivity contribution is 0.0443. The van der Waals surface area contributed by atoms with Gasteiger partial charge in [-0.25, -0.2) is 8.98 Å². The van der Waals surface area contributed by atoms with Gasteiger partial charge in [-0.15, -0.1) is 0 Å². The fourth-order valence-corrected chi connectivity index (χ4v) is 1.88. The SMILES string of the molecule is COS(=O)(=O)OCCOC(=O)c1ccc(C(C)(C)C)cc1. The summed E-state index contributed by atoms with van der Waals surface area (Å²) in [4.78, 5) is 11.7. The Bertz CT molecular complexity index is 568. The summed E-state index contributed by atoms with van der Waals surface area (Å²) in [6, 6.07) is 7.08. The van der Waals surface area contributed by atoms with Gasteiger partial charge in [-0.2, -0.15) is 8.42 Å². The van der Waals surface area contributed by atoms with E-state index in [0.29, 0.717) is 5.56 Å². The summed E-state index contributed by atoms with van der Waals surface area (Å²) in [7, 11) is -3.01. The maximum atomic E-state index is 11.7. The zero-order chi connectivity index (χ0) is 16.1. The van der Waals surface area contributed by atoms with Crippen LogP contribution in [-0.4, -0.2) is 34.7 Å². The second-order valence-corrected chi connectivity index (χ2v) is 6.75. The van der Waals surface area contributed by atoms with Crippen LogP contribution in [0.4, 0.5) is 0 Å². The Morgan fingerprint density at radius 1 is 1.10 bits per heavy atom. The average molecular weight is 316 g/mol. The van der Waals surface area contributed by atoms with E-state index >= 15 is 0 Å². The minimum Gasteiger partial charge on any atom is -0.460 e. The Kier molecular flexibility index (Phi) is 5.88. The first-order chi connectivity index (χ1) is 9.65. The van der Waals surface area contributed by atoms with Crippen molar-refractivity contribution in [2.45, 2.75) is 26.2 Å². The van der Waals surface area contributed by atoms with Gasteiger partial charge in [0.05, 0.1) is 12.7 Å². The van der Waals surface area contributed by atoms with Crippen LogP contribution in [0.1, 0.15) is 36.7 Å². The van der Waals surface area contributed by atoms with Crippen molar-refractivity contribution >= 4 is 16.4 Å². The van der Waals surface area contributed by atoms with Gasteiger partial charge in [0.2, 0.25) is 0 Å². The third kappa shape index (κ3) is 5.82. The third-order valence-corrected chi connectivity index (χ3v) is 3.60. The first kappa shape index (κ1) is 17.6. The maximum Gasteiger partial charge on any atom is 0.399 e. The molecule has 0 aromatic heterocycles. The Hall–Kier alpha value is -1.44. The monoisotopic (exact) mass is 316 g/mol. The van der Waals surface area contributed by atoms with Crippen LogP contribution in [0.15, 0.2) is 24.3 Å². The van der Waals surface area contributed by atoms with Crippen molar-refractivity contribution in [3.63, 3.8) is 0 Å². The Labute approximate surface area is 125 Å². The van der Waals surface area contributed by atoms with Gasteiger partial charge in [0.25, 0.3) is 0 Å². The summed E-state index contributed by atoms with van der Waals surface area (Å²) in [6.07, 6.45) is 0. The topological polar surface area (TPSA) is 78.9 Å². The molecular formula is C14H20O6S. The third-order valence-electron chi connectivity index (χ3n) is 2.73. The molecule has 1 aromatic rings. The van der Waals surface area contributed by atoms with Crippen LogP contribution in [0.25, 0.3) is 0 Å². The molecule has 0 unspecified atom stereocenters. The number of hydrogen-bond donors (Lipinski definition) is 0. The Balaban J connectivity index is 2.50. The predicted molar refractivity (Wildman–Crippen MR) is 77.3 cm³/mol. The number of benzene rings is 1. The molecule has 0 amide bonds. The molecule has 0 saturated carbocycles. The van der Waals surface area contributed by atoms with Crippen LogP contribution in [0, 0.1) is 0 Å². The second-order valence-electron chi connectivity index (χ2n) is 5.36. The van der Waals surface area contributed by atoms with Crippen LogP contribution in [0.3, 0.4) is 0 Å². The molecular weight excluding hydrogens is 296 g/mol. The molecule has 0 fully saturated rings. The summed E-state index contributed by atoms with van der Waals surface area (Å²) in [5.74, 6) is -0.533. The van der Waals surface area contributed by atoms with E-state index < -0.39 is 16.4 Å². The molecule has 0 spiro atoms. The van der Waals surface area contributed by atoms with Crippen molar-refractivity contribution in [2.24, 2.45) is 0 Å². The molecule has 0 radical (unpaired) electrons. The number of rotatable bonds is 6. The molecule has 0 aliphatic rings. The molecule has 1 rings (SSSR count). The van der Waals surface area contributed by atoms with Gasteiger partial charge in [0.15, 0.2) is 0 Å². The lowest BCUT2D eigenvalue weighted by Crippen LogP contribution is -2.15. The van der Waals surface area contributed by atoms with E-state index in [4.69, 9.17) is 4.74 Å². The van der Waals surface area contributed by atoms with E-state index in [0.717, 1.165) is 12.7 Å². The van der Waals surface area contributed by atoms with Gasteiger partial charge in [-0.3, -0.25) is 4.18 Å². The van der Waals surface area contributed by atoms with Crippen LogP contribution in [0.5, 0.6) is 0 Å². The molecule has 118 valence electrons. The zero-order valence-corrected chi connectivity index (χ0v) is 13.4. The molecule has 0 N–H and O–H groups in total. The summed E-state index contributed by atoms with van der Waals surface area (Å²) in [6.45, 7) is 5.76. The summed E-state index contributed by atoms with van der Waals surface area (Å²) in [5.41, 5.74) is 1.51. The average Bonchev–Trinajstić information content (AvgIpc) is 2.42. The van der Waals surface area contributed by atoms with Crippen LogP contribution in [0.2, 0.25) is 0 Å². The molecule has 0 saturated heterocycles. The lowest BCUT2D eigenvalue weighted by atomic mass is 9.87. The van der Waals surface area contributed by atoms with E-state index in [1.165, 1.54) is 0 Å². The lowest BCUT2D eigenvalue weighted by Gasteiger charge is -2.18. The van der Waals surface area contributed by atoms with E-state index in [2.05, 4.69) is 29.1 Å². The maximum absolute atomic E-state index is 11.7. The molecule has 0 aliphatic heterocycles. The minimum absolute atomic E-state index is 0.00475. The highest BCUT2D eigenvalue weighted by Crippen LogP contribution is 2.22. The Morgan fingerprint density at radius 2 is 1.67 bits per heavy atom. The van der Waals surface area contributed by atoms with Crippen molar-refractivity contribution in [1.29, 1.82) is 0 Å². The largest absolute Gasteiger partial charge is 0.460 e. The summed E-state index contributed by atoms with van der Waals surface area (Å²) < 4.78 is 35.1. The highest BCUT2D eigenvalue weighted by atomic mass is 32.3. The van der Waals surface area contributed by atoms with Crippen LogP contribution < -0.4 is 0 Å². The first-order valence-corrected chi connectivity index (χ1v) is 7.72. The highest BCUT2D eigenvalue weighted by Gasteiger charge is 2.15. The van der Waals surface area contributed by atoms with Crippen molar-refractivity contribution in [2.75, 3.05) is 20.3 Å². The zero-order valence-electron chi connectivity index (χ0n) is 12.6. The van der Waals surface area contributed by atoms with Gasteiger partial charge in [0.1, 0.15) is 13.2 Å². The predicted octanol–water partition coefficient (Wildman–Crippen LogP) is 2.05. The van der Waals surface area contributed by atoms with Crippen molar-refractivity contribution in [3.8, 4) is 0 Å². The fraction of sp³-hybridized carbons (Fsp3) is 0.500. The highest BCUT2D eigenvalue weighted by molar-refractivity contribution is 7.81. The summed E-state index contributed by atoms with van der Waals surface area (Å²) >= 11 is 0. The first-order valence-electron chi connectivity index (χ1n) is 6.38.